The Kier molecular flexibility index (Phi) is 5.96. The van der Waals surface area contributed by atoms with Crippen molar-refractivity contribution in [3.8, 4) is 0 Å². The van der Waals surface area contributed by atoms with Gasteiger partial charge in [-0.3, -0.25) is 0 Å². The third-order valence-electron chi connectivity index (χ3n) is 2.70. The van der Waals surface area contributed by atoms with E-state index in [1.54, 1.807) is 12.3 Å². The highest BCUT2D eigenvalue weighted by atomic mass is 32.2. The van der Waals surface area contributed by atoms with Gasteiger partial charge in [0, 0.05) is 6.54 Å². The maximum Gasteiger partial charge on any atom is 0.347 e. The van der Waals surface area contributed by atoms with Gasteiger partial charge in [-0.25, -0.2) is 17.9 Å². The van der Waals surface area contributed by atoms with Gasteiger partial charge in [-0.1, -0.05) is 26.2 Å². The van der Waals surface area contributed by atoms with E-state index in [1.807, 2.05) is 0 Å². The van der Waals surface area contributed by atoms with Crippen LogP contribution in [-0.4, -0.2) is 26.0 Å². The van der Waals surface area contributed by atoms with Crippen LogP contribution < -0.4 is 4.72 Å². The van der Waals surface area contributed by atoms with E-state index < -0.39 is 16.0 Å². The van der Waals surface area contributed by atoms with Crippen LogP contribution in [0.5, 0.6) is 0 Å². The summed E-state index contributed by atoms with van der Waals surface area (Å²) in [7, 11) is -3.73. The Morgan fingerprint density at radius 3 is 2.63 bits per heavy atom. The fourth-order valence-corrected chi connectivity index (χ4v) is 4.45. The van der Waals surface area contributed by atoms with Crippen LogP contribution >= 0.6 is 11.3 Å². The Hall–Kier alpha value is -0.920. The summed E-state index contributed by atoms with van der Waals surface area (Å²) in [5.41, 5.74) is 0.475. The number of thiophene rings is 1. The molecule has 1 rings (SSSR count). The highest BCUT2D eigenvalue weighted by Crippen LogP contribution is 2.26. The first-order valence-corrected chi connectivity index (χ1v) is 8.57. The first kappa shape index (κ1) is 16.1. The number of hydrogen-bond donors (Lipinski definition) is 2. The molecule has 0 saturated heterocycles. The molecule has 5 nitrogen and oxygen atoms in total. The molecule has 0 spiro atoms. The van der Waals surface area contributed by atoms with Crippen LogP contribution in [-0.2, 0) is 10.0 Å². The molecule has 1 aromatic heterocycles. The van der Waals surface area contributed by atoms with E-state index in [4.69, 9.17) is 5.11 Å². The molecule has 1 aromatic rings. The molecule has 19 heavy (non-hydrogen) atoms. The Bertz CT molecular complexity index is 534. The first-order chi connectivity index (χ1) is 8.90. The summed E-state index contributed by atoms with van der Waals surface area (Å²) in [6.07, 6.45) is 3.88. The maximum atomic E-state index is 12.1. The van der Waals surface area contributed by atoms with Gasteiger partial charge >= 0.3 is 5.97 Å². The second kappa shape index (κ2) is 7.02. The number of aryl methyl sites for hydroxylation is 1. The lowest BCUT2D eigenvalue weighted by Gasteiger charge is -2.07. The normalized spacial score (nSPS) is 11.7. The Morgan fingerprint density at radius 1 is 1.37 bits per heavy atom. The summed E-state index contributed by atoms with van der Waals surface area (Å²) >= 11 is 0.940. The van der Waals surface area contributed by atoms with Crippen molar-refractivity contribution in [2.45, 2.75) is 44.4 Å². The molecule has 0 amide bonds. The number of unbranched alkanes of at least 4 members (excludes halogenated alkanes) is 3. The van der Waals surface area contributed by atoms with Crippen molar-refractivity contribution in [2.24, 2.45) is 0 Å². The molecule has 0 fully saturated rings. The average molecular weight is 305 g/mol. The summed E-state index contributed by atoms with van der Waals surface area (Å²) in [5.74, 6) is -1.20. The van der Waals surface area contributed by atoms with E-state index in [9.17, 15) is 13.2 Å². The van der Waals surface area contributed by atoms with Crippen molar-refractivity contribution < 1.29 is 18.3 Å². The third-order valence-corrected chi connectivity index (χ3v) is 5.57. The van der Waals surface area contributed by atoms with Gasteiger partial charge in [0.2, 0.25) is 10.0 Å². The lowest BCUT2D eigenvalue weighted by molar-refractivity contribution is 0.0698. The zero-order valence-electron chi connectivity index (χ0n) is 11.1. The van der Waals surface area contributed by atoms with E-state index in [-0.39, 0.29) is 9.77 Å². The molecule has 7 heteroatoms. The average Bonchev–Trinajstić information content (AvgIpc) is 2.71. The van der Waals surface area contributed by atoms with Crippen molar-refractivity contribution in [1.82, 2.24) is 4.72 Å². The van der Waals surface area contributed by atoms with Crippen LogP contribution in [0.1, 0.15) is 47.8 Å². The SMILES string of the molecule is CCCCCCNS(=O)(=O)c1c(C)csc1C(=O)O. The molecular weight excluding hydrogens is 286 g/mol. The standard InChI is InChI=1S/C12H19NO4S2/c1-3-4-5-6-7-13-19(16,17)11-9(2)8-18-10(11)12(14)15/h8,13H,3-7H2,1-2H3,(H,14,15). The molecule has 2 N–H and O–H groups in total. The number of nitrogens with one attached hydrogen (secondary N) is 1. The van der Waals surface area contributed by atoms with Crippen LogP contribution in [0.25, 0.3) is 0 Å². The van der Waals surface area contributed by atoms with E-state index in [2.05, 4.69) is 11.6 Å². The predicted octanol–water partition coefficient (Wildman–Crippen LogP) is 2.61. The summed E-state index contributed by atoms with van der Waals surface area (Å²) < 4.78 is 26.7. The number of rotatable bonds is 8. The second-order valence-electron chi connectivity index (χ2n) is 4.34. The van der Waals surface area contributed by atoms with Crippen LogP contribution in [0.3, 0.4) is 0 Å². The summed E-state index contributed by atoms with van der Waals surface area (Å²) in [4.78, 5) is 10.8. The molecule has 0 aliphatic heterocycles. The Labute approximate surface area is 117 Å². The van der Waals surface area contributed by atoms with E-state index in [0.29, 0.717) is 12.1 Å². The van der Waals surface area contributed by atoms with Crippen molar-refractivity contribution in [1.29, 1.82) is 0 Å². The molecule has 0 saturated carbocycles. The number of carbonyl (C=O) groups is 1. The minimum Gasteiger partial charge on any atom is -0.477 e. The highest BCUT2D eigenvalue weighted by molar-refractivity contribution is 7.89. The van der Waals surface area contributed by atoms with Crippen molar-refractivity contribution in [3.63, 3.8) is 0 Å². The van der Waals surface area contributed by atoms with Crippen LogP contribution in [0.15, 0.2) is 10.3 Å². The number of aromatic carboxylic acids is 1. The summed E-state index contributed by atoms with van der Waals surface area (Å²) in [6.45, 7) is 4.03. The van der Waals surface area contributed by atoms with Crippen molar-refractivity contribution in [3.05, 3.63) is 15.8 Å². The fraction of sp³-hybridized carbons (Fsp3) is 0.583. The van der Waals surface area contributed by atoms with Gasteiger partial charge in [-0.15, -0.1) is 11.3 Å². The monoisotopic (exact) mass is 305 g/mol. The predicted molar refractivity (Wildman–Crippen MR) is 75.3 cm³/mol. The van der Waals surface area contributed by atoms with Crippen molar-refractivity contribution >= 4 is 27.3 Å². The van der Waals surface area contributed by atoms with Crippen LogP contribution in [0.4, 0.5) is 0 Å². The molecule has 108 valence electrons. The molecule has 0 aliphatic rings. The van der Waals surface area contributed by atoms with E-state index in [1.165, 1.54) is 0 Å². The van der Waals surface area contributed by atoms with Gasteiger partial charge in [0.1, 0.15) is 9.77 Å². The van der Waals surface area contributed by atoms with Gasteiger partial charge < -0.3 is 5.11 Å². The van der Waals surface area contributed by atoms with Gasteiger partial charge in [-0.05, 0) is 24.3 Å². The van der Waals surface area contributed by atoms with E-state index in [0.717, 1.165) is 37.0 Å². The third kappa shape index (κ3) is 4.29. The van der Waals surface area contributed by atoms with Gasteiger partial charge in [0.05, 0.1) is 0 Å². The number of carboxylic acids is 1. The first-order valence-electron chi connectivity index (χ1n) is 6.21. The number of carboxylic acid groups (broad SMARTS) is 1. The lowest BCUT2D eigenvalue weighted by atomic mass is 10.2. The molecule has 0 bridgehead atoms. The molecule has 0 atom stereocenters. The number of hydrogen-bond acceptors (Lipinski definition) is 4. The summed E-state index contributed by atoms with van der Waals surface area (Å²) in [5, 5.41) is 10.6. The Balaban J connectivity index is 2.77. The molecule has 1 heterocycles. The number of sulfonamides is 1. The second-order valence-corrected chi connectivity index (χ2v) is 6.92. The summed E-state index contributed by atoms with van der Waals surface area (Å²) in [6, 6.07) is 0. The van der Waals surface area contributed by atoms with E-state index >= 15 is 0 Å². The largest absolute Gasteiger partial charge is 0.477 e. The zero-order valence-corrected chi connectivity index (χ0v) is 12.7. The minimum absolute atomic E-state index is 0.0968. The molecule has 0 unspecified atom stereocenters. The smallest absolute Gasteiger partial charge is 0.347 e. The van der Waals surface area contributed by atoms with Crippen molar-refractivity contribution in [2.75, 3.05) is 6.54 Å². The van der Waals surface area contributed by atoms with Crippen LogP contribution in [0, 0.1) is 6.92 Å². The Morgan fingerprint density at radius 2 is 2.05 bits per heavy atom. The van der Waals surface area contributed by atoms with Gasteiger partial charge in [0.25, 0.3) is 0 Å². The zero-order chi connectivity index (χ0) is 14.5. The van der Waals surface area contributed by atoms with Crippen LogP contribution in [0.2, 0.25) is 0 Å². The molecule has 0 aliphatic carbocycles. The lowest BCUT2D eigenvalue weighted by Crippen LogP contribution is -2.26. The minimum atomic E-state index is -3.73. The fourth-order valence-electron chi connectivity index (χ4n) is 1.75. The van der Waals surface area contributed by atoms with Gasteiger partial charge in [0.15, 0.2) is 0 Å². The maximum absolute atomic E-state index is 12.1. The quantitative estimate of drug-likeness (QED) is 0.723. The highest BCUT2D eigenvalue weighted by Gasteiger charge is 2.26. The molecule has 0 aromatic carbocycles. The topological polar surface area (TPSA) is 83.5 Å². The molecular formula is C12H19NO4S2. The van der Waals surface area contributed by atoms with Gasteiger partial charge in [-0.2, -0.15) is 0 Å². The molecule has 0 radical (unpaired) electrons.